The summed E-state index contributed by atoms with van der Waals surface area (Å²) in [7, 11) is -0.0975. The van der Waals surface area contributed by atoms with Crippen molar-refractivity contribution in [3.8, 4) is 0 Å². The van der Waals surface area contributed by atoms with Crippen molar-refractivity contribution in [1.82, 2.24) is 0 Å². The number of hydrogen-bond donors (Lipinski definition) is 0. The Kier molecular flexibility index (Phi) is 31.6. The molecule has 0 saturated carbocycles. The second kappa shape index (κ2) is 32.2. The highest BCUT2D eigenvalue weighted by atomic mass is 28.4. The van der Waals surface area contributed by atoms with Gasteiger partial charge in [0.25, 0.3) is 0 Å². The van der Waals surface area contributed by atoms with E-state index < -0.39 is 8.32 Å². The van der Waals surface area contributed by atoms with Crippen LogP contribution in [0.1, 0.15) is 6.42 Å². The third-order valence-corrected chi connectivity index (χ3v) is 5.86. The first kappa shape index (κ1) is 40.2. The first-order valence-electron chi connectivity index (χ1n) is 14.4. The van der Waals surface area contributed by atoms with Crippen molar-refractivity contribution >= 4 is 14.3 Å². The average Bonchev–Trinajstić information content (AvgIpc) is 2.94. The molecule has 0 spiro atoms. The zero-order chi connectivity index (χ0) is 30.1. The van der Waals surface area contributed by atoms with Crippen LogP contribution in [0.3, 0.4) is 0 Å². The van der Waals surface area contributed by atoms with Crippen molar-refractivity contribution in [2.24, 2.45) is 0 Å². The maximum atomic E-state index is 10.9. The molecule has 0 N–H and O–H groups in total. The highest BCUT2D eigenvalue weighted by Gasteiger charge is 2.13. The zero-order valence-electron chi connectivity index (χ0n) is 25.9. The maximum absolute atomic E-state index is 10.9. The SMILES string of the molecule is COC(=O)CCOCCOCCOCCOCCOCCOCCOCCOCCOCCOCCO[Si](C)(C)C. The van der Waals surface area contributed by atoms with Gasteiger partial charge >= 0.3 is 5.97 Å². The minimum absolute atomic E-state index is 0.247. The quantitative estimate of drug-likeness (QED) is 0.0590. The summed E-state index contributed by atoms with van der Waals surface area (Å²) < 4.78 is 64.5. The lowest BCUT2D eigenvalue weighted by Crippen LogP contribution is -2.27. The van der Waals surface area contributed by atoms with Gasteiger partial charge < -0.3 is 56.5 Å². The van der Waals surface area contributed by atoms with E-state index in [-0.39, 0.29) is 12.4 Å². The number of carbonyl (C=O) groups excluding carboxylic acids is 1. The first-order chi connectivity index (χ1) is 20.0. The molecule has 13 nitrogen and oxygen atoms in total. The molecule has 246 valence electrons. The van der Waals surface area contributed by atoms with Crippen LogP contribution in [0.4, 0.5) is 0 Å². The van der Waals surface area contributed by atoms with Crippen LogP contribution in [0.25, 0.3) is 0 Å². The molecule has 0 aromatic carbocycles. The fraction of sp³-hybridized carbons (Fsp3) is 0.963. The van der Waals surface area contributed by atoms with E-state index in [4.69, 9.17) is 51.8 Å². The Balaban J connectivity index is 3.06. The molecule has 0 rings (SSSR count). The molecule has 0 amide bonds. The van der Waals surface area contributed by atoms with E-state index in [0.29, 0.717) is 139 Å². The Labute approximate surface area is 247 Å². The predicted octanol–water partition coefficient (Wildman–Crippen LogP) is 1.57. The summed E-state index contributed by atoms with van der Waals surface area (Å²) in [5, 5.41) is 0. The van der Waals surface area contributed by atoms with Crippen molar-refractivity contribution < 1.29 is 61.3 Å². The minimum Gasteiger partial charge on any atom is -0.469 e. The number of rotatable bonds is 34. The lowest BCUT2D eigenvalue weighted by atomic mass is 10.5. The average molecular weight is 617 g/mol. The number of esters is 1. The zero-order valence-corrected chi connectivity index (χ0v) is 26.9. The van der Waals surface area contributed by atoms with E-state index in [9.17, 15) is 4.79 Å². The lowest BCUT2D eigenvalue weighted by Gasteiger charge is -2.16. The van der Waals surface area contributed by atoms with Gasteiger partial charge in [-0.25, -0.2) is 0 Å². The Morgan fingerprint density at radius 2 is 0.610 bits per heavy atom. The van der Waals surface area contributed by atoms with Gasteiger partial charge in [0, 0.05) is 0 Å². The number of carbonyl (C=O) groups is 1. The van der Waals surface area contributed by atoms with E-state index in [1.165, 1.54) is 7.11 Å². The van der Waals surface area contributed by atoms with Crippen molar-refractivity contribution in [2.75, 3.05) is 146 Å². The molecular formula is C27H56O13Si. The fourth-order valence-corrected chi connectivity index (χ4v) is 3.44. The molecule has 0 bridgehead atoms. The molecule has 0 radical (unpaired) electrons. The molecule has 41 heavy (non-hydrogen) atoms. The van der Waals surface area contributed by atoms with Gasteiger partial charge in [0.05, 0.1) is 152 Å². The van der Waals surface area contributed by atoms with Crippen LogP contribution in [0.5, 0.6) is 0 Å². The summed E-state index contributed by atoms with van der Waals surface area (Å²) >= 11 is 0. The predicted molar refractivity (Wildman–Crippen MR) is 154 cm³/mol. The Morgan fingerprint density at radius 1 is 0.390 bits per heavy atom. The van der Waals surface area contributed by atoms with E-state index >= 15 is 0 Å². The number of hydrogen-bond acceptors (Lipinski definition) is 13. The molecule has 0 saturated heterocycles. The van der Waals surface area contributed by atoms with Crippen molar-refractivity contribution in [2.45, 2.75) is 26.1 Å². The van der Waals surface area contributed by atoms with Crippen LogP contribution in [0, 0.1) is 0 Å². The molecule has 0 aromatic heterocycles. The van der Waals surface area contributed by atoms with Gasteiger partial charge in [-0.3, -0.25) is 4.79 Å². The molecule has 0 aliphatic rings. The van der Waals surface area contributed by atoms with Crippen molar-refractivity contribution in [3.63, 3.8) is 0 Å². The third-order valence-electron chi connectivity index (χ3n) is 4.79. The van der Waals surface area contributed by atoms with Crippen LogP contribution in [-0.4, -0.2) is 160 Å². The van der Waals surface area contributed by atoms with Gasteiger partial charge in [-0.2, -0.15) is 0 Å². The number of methoxy groups -OCH3 is 1. The molecule has 0 unspecified atom stereocenters. The summed E-state index contributed by atoms with van der Waals surface area (Å²) in [5.74, 6) is -0.284. The van der Waals surface area contributed by atoms with E-state index in [2.05, 4.69) is 24.4 Å². The normalized spacial score (nSPS) is 11.8. The van der Waals surface area contributed by atoms with Crippen LogP contribution in [-0.2, 0) is 61.3 Å². The van der Waals surface area contributed by atoms with Gasteiger partial charge in [-0.15, -0.1) is 0 Å². The van der Waals surface area contributed by atoms with E-state index in [1.54, 1.807) is 0 Å². The largest absolute Gasteiger partial charge is 0.469 e. The first-order valence-corrected chi connectivity index (χ1v) is 17.8. The van der Waals surface area contributed by atoms with E-state index in [0.717, 1.165) is 0 Å². The number of ether oxygens (including phenoxy) is 11. The summed E-state index contributed by atoms with van der Waals surface area (Å²) in [4.78, 5) is 10.9. The topological polar surface area (TPSA) is 128 Å². The van der Waals surface area contributed by atoms with Crippen LogP contribution in [0.2, 0.25) is 19.6 Å². The van der Waals surface area contributed by atoms with Gasteiger partial charge in [0.2, 0.25) is 0 Å². The standard InChI is InChI=1S/C27H56O13Si/c1-29-27(28)5-6-30-7-8-31-9-10-32-11-12-33-13-14-34-15-16-35-17-18-36-19-20-37-21-22-38-23-24-39-25-26-40-41(2,3)4/h5-26H2,1-4H3. The van der Waals surface area contributed by atoms with Crippen molar-refractivity contribution in [1.29, 1.82) is 0 Å². The lowest BCUT2D eigenvalue weighted by molar-refractivity contribution is -0.141. The monoisotopic (exact) mass is 616 g/mol. The van der Waals surface area contributed by atoms with Crippen LogP contribution < -0.4 is 0 Å². The molecule has 0 heterocycles. The smallest absolute Gasteiger partial charge is 0.307 e. The molecule has 0 aliphatic carbocycles. The highest BCUT2D eigenvalue weighted by Crippen LogP contribution is 2.01. The van der Waals surface area contributed by atoms with Gasteiger partial charge in [0.1, 0.15) is 0 Å². The summed E-state index contributed by atoms with van der Waals surface area (Å²) in [6.45, 7) is 17.1. The fourth-order valence-electron chi connectivity index (χ4n) is 2.75. The summed E-state index contributed by atoms with van der Waals surface area (Å²) in [6.07, 6.45) is 0.247. The Morgan fingerprint density at radius 3 is 0.829 bits per heavy atom. The third kappa shape index (κ3) is 37.2. The van der Waals surface area contributed by atoms with Gasteiger partial charge in [0.15, 0.2) is 8.32 Å². The second-order valence-corrected chi connectivity index (χ2v) is 13.9. The molecule has 14 heteroatoms. The van der Waals surface area contributed by atoms with E-state index in [1.807, 2.05) is 0 Å². The highest BCUT2D eigenvalue weighted by molar-refractivity contribution is 6.69. The van der Waals surface area contributed by atoms with Crippen molar-refractivity contribution in [3.05, 3.63) is 0 Å². The van der Waals surface area contributed by atoms with Gasteiger partial charge in [-0.05, 0) is 19.6 Å². The minimum atomic E-state index is -1.45. The summed E-state index contributed by atoms with van der Waals surface area (Å²) in [5.41, 5.74) is 0. The molecular weight excluding hydrogens is 560 g/mol. The molecule has 0 aliphatic heterocycles. The maximum Gasteiger partial charge on any atom is 0.307 e. The van der Waals surface area contributed by atoms with Crippen LogP contribution >= 0.6 is 0 Å². The molecule has 0 aromatic rings. The van der Waals surface area contributed by atoms with Crippen LogP contribution in [0.15, 0.2) is 0 Å². The van der Waals surface area contributed by atoms with Gasteiger partial charge in [-0.1, -0.05) is 0 Å². The molecule has 0 atom stereocenters. The Hall–Kier alpha value is -0.753. The second-order valence-electron chi connectivity index (χ2n) is 9.41. The molecule has 0 fully saturated rings. The Bertz CT molecular complexity index is 538. The summed E-state index contributed by atoms with van der Waals surface area (Å²) in [6, 6.07) is 0.